The van der Waals surface area contributed by atoms with Crippen LogP contribution in [0.1, 0.15) is 25.2 Å². The van der Waals surface area contributed by atoms with E-state index in [1.165, 1.54) is 0 Å². The predicted octanol–water partition coefficient (Wildman–Crippen LogP) is 4.72. The Hall–Kier alpha value is -3.64. The number of anilines is 2. The molecule has 4 rings (SSSR count). The van der Waals surface area contributed by atoms with Crippen molar-refractivity contribution in [1.82, 2.24) is 4.90 Å². The molecule has 0 radical (unpaired) electrons. The van der Waals surface area contributed by atoms with E-state index < -0.39 is 0 Å². The van der Waals surface area contributed by atoms with E-state index in [9.17, 15) is 9.59 Å². The highest BCUT2D eigenvalue weighted by atomic mass is 16.3. The molecule has 2 aromatic carbocycles. The molecule has 158 valence electrons. The second kappa shape index (κ2) is 9.02. The minimum Gasteiger partial charge on any atom is -0.457 e. The third kappa shape index (κ3) is 4.59. The number of rotatable bonds is 7. The van der Waals surface area contributed by atoms with Gasteiger partial charge in [-0.1, -0.05) is 44.2 Å². The smallest absolute Gasteiger partial charge is 0.256 e. The van der Waals surface area contributed by atoms with E-state index in [0.29, 0.717) is 23.6 Å². The summed E-state index contributed by atoms with van der Waals surface area (Å²) in [7, 11) is 0. The minimum absolute atomic E-state index is 0.0448. The lowest BCUT2D eigenvalue weighted by Gasteiger charge is -2.17. The van der Waals surface area contributed by atoms with Crippen molar-refractivity contribution in [3.63, 3.8) is 0 Å². The second-order valence-electron chi connectivity index (χ2n) is 7.35. The van der Waals surface area contributed by atoms with Gasteiger partial charge in [0, 0.05) is 22.5 Å². The normalized spacial score (nSPS) is 14.0. The van der Waals surface area contributed by atoms with Gasteiger partial charge in [-0.3, -0.25) is 14.5 Å². The predicted molar refractivity (Wildman–Crippen MR) is 124 cm³/mol. The number of hydrogen-bond donors (Lipinski definition) is 2. The molecule has 0 spiro atoms. The fourth-order valence-electron chi connectivity index (χ4n) is 3.61. The molecule has 2 heterocycles. The number of nitrogens with zero attached hydrogens (tertiary/aromatic N) is 1. The van der Waals surface area contributed by atoms with Crippen LogP contribution in [0.25, 0.3) is 23.0 Å². The van der Waals surface area contributed by atoms with Crippen molar-refractivity contribution >= 4 is 34.8 Å². The minimum atomic E-state index is -0.142. The molecule has 0 atom stereocenters. The summed E-state index contributed by atoms with van der Waals surface area (Å²) >= 11 is 0. The monoisotopic (exact) mass is 415 g/mol. The Balaban J connectivity index is 1.52. The van der Waals surface area contributed by atoms with Gasteiger partial charge in [-0.15, -0.1) is 0 Å². The van der Waals surface area contributed by atoms with Crippen molar-refractivity contribution in [2.75, 3.05) is 30.3 Å². The van der Waals surface area contributed by atoms with E-state index in [-0.39, 0.29) is 11.8 Å². The number of benzene rings is 2. The highest BCUT2D eigenvalue weighted by Gasteiger charge is 2.23. The maximum atomic E-state index is 12.3. The summed E-state index contributed by atoms with van der Waals surface area (Å²) in [6.45, 7) is 6.09. The molecule has 31 heavy (non-hydrogen) atoms. The first-order valence-corrected chi connectivity index (χ1v) is 10.4. The molecule has 0 unspecified atom stereocenters. The number of amides is 2. The molecule has 2 N–H and O–H groups in total. The maximum absolute atomic E-state index is 12.3. The van der Waals surface area contributed by atoms with Crippen molar-refractivity contribution in [3.05, 3.63) is 72.0 Å². The number of furan rings is 1. The van der Waals surface area contributed by atoms with Crippen LogP contribution in [0, 0.1) is 0 Å². The van der Waals surface area contributed by atoms with Gasteiger partial charge >= 0.3 is 0 Å². The Morgan fingerprint density at radius 1 is 1.06 bits per heavy atom. The average Bonchev–Trinajstić information content (AvgIpc) is 3.37. The number of nitrogens with one attached hydrogen (secondary N) is 2. The first kappa shape index (κ1) is 20.6. The van der Waals surface area contributed by atoms with Crippen LogP contribution in [0.2, 0.25) is 0 Å². The molecule has 6 nitrogen and oxygen atoms in total. The van der Waals surface area contributed by atoms with Crippen molar-refractivity contribution in [2.45, 2.75) is 13.8 Å². The van der Waals surface area contributed by atoms with E-state index in [1.54, 1.807) is 6.08 Å². The number of para-hydroxylation sites is 1. The number of fused-ring (bicyclic) bond motifs is 1. The van der Waals surface area contributed by atoms with E-state index in [4.69, 9.17) is 4.42 Å². The topological polar surface area (TPSA) is 74.6 Å². The zero-order valence-electron chi connectivity index (χ0n) is 17.6. The third-order valence-electron chi connectivity index (χ3n) is 5.32. The zero-order valence-corrected chi connectivity index (χ0v) is 17.6. The van der Waals surface area contributed by atoms with Crippen LogP contribution in [0.4, 0.5) is 11.4 Å². The maximum Gasteiger partial charge on any atom is 0.256 e. The molecule has 0 saturated heterocycles. The van der Waals surface area contributed by atoms with Gasteiger partial charge in [0.1, 0.15) is 11.5 Å². The molecule has 3 aromatic rings. The van der Waals surface area contributed by atoms with Crippen molar-refractivity contribution in [1.29, 1.82) is 0 Å². The molecule has 0 saturated carbocycles. The van der Waals surface area contributed by atoms with Crippen molar-refractivity contribution < 1.29 is 14.0 Å². The van der Waals surface area contributed by atoms with Crippen molar-refractivity contribution in [3.8, 4) is 11.3 Å². The molecule has 6 heteroatoms. The van der Waals surface area contributed by atoms with Gasteiger partial charge in [0.15, 0.2) is 0 Å². The summed E-state index contributed by atoms with van der Waals surface area (Å²) in [6, 6.07) is 18.8. The first-order chi connectivity index (χ1) is 15.1. The summed E-state index contributed by atoms with van der Waals surface area (Å²) in [5, 5.41) is 5.81. The van der Waals surface area contributed by atoms with E-state index >= 15 is 0 Å². The standard InChI is InChI=1S/C25H25N3O3/c1-3-28(4-2)16-24(29)26-18-9-7-8-17(14-18)23-13-12-19(31-23)15-21-20-10-5-6-11-22(20)27-25(21)30/h5-15H,3-4,16H2,1-2H3,(H,26,29)(H,27,30)/b21-15+. The Labute approximate surface area is 181 Å². The molecular weight excluding hydrogens is 390 g/mol. The Morgan fingerprint density at radius 2 is 1.87 bits per heavy atom. The second-order valence-corrected chi connectivity index (χ2v) is 7.35. The van der Waals surface area contributed by atoms with Gasteiger partial charge in [0.2, 0.25) is 5.91 Å². The van der Waals surface area contributed by atoms with Gasteiger partial charge in [-0.05, 0) is 49.5 Å². The SMILES string of the molecule is CCN(CC)CC(=O)Nc1cccc(-c2ccc(/C=C3/C(=O)Nc4ccccc43)o2)c1. The van der Waals surface area contributed by atoms with E-state index in [0.717, 1.165) is 35.6 Å². The highest BCUT2D eigenvalue weighted by Crippen LogP contribution is 2.34. The van der Waals surface area contributed by atoms with Gasteiger partial charge in [-0.2, -0.15) is 0 Å². The lowest BCUT2D eigenvalue weighted by molar-refractivity contribution is -0.117. The molecular formula is C25H25N3O3. The Bertz CT molecular complexity index is 1140. The number of hydrogen-bond acceptors (Lipinski definition) is 4. The van der Waals surface area contributed by atoms with Crippen LogP contribution in [-0.2, 0) is 9.59 Å². The zero-order chi connectivity index (χ0) is 21.8. The fourth-order valence-corrected chi connectivity index (χ4v) is 3.61. The third-order valence-corrected chi connectivity index (χ3v) is 5.32. The van der Waals surface area contributed by atoms with Gasteiger partial charge in [-0.25, -0.2) is 0 Å². The lowest BCUT2D eigenvalue weighted by atomic mass is 10.1. The van der Waals surface area contributed by atoms with Crippen LogP contribution >= 0.6 is 0 Å². The molecule has 0 fully saturated rings. The van der Waals surface area contributed by atoms with Crippen LogP contribution in [0.15, 0.2) is 65.1 Å². The molecule has 2 amide bonds. The fraction of sp³-hybridized carbons (Fsp3) is 0.200. The molecule has 1 aliphatic heterocycles. The summed E-state index contributed by atoms with van der Waals surface area (Å²) in [6.07, 6.45) is 1.75. The van der Waals surface area contributed by atoms with Crippen molar-refractivity contribution in [2.24, 2.45) is 0 Å². The average molecular weight is 415 g/mol. The summed E-state index contributed by atoms with van der Waals surface area (Å²) in [5.41, 5.74) is 3.81. The van der Waals surface area contributed by atoms with Crippen LogP contribution in [0.3, 0.4) is 0 Å². The van der Waals surface area contributed by atoms with E-state index in [1.807, 2.05) is 74.5 Å². The van der Waals surface area contributed by atoms with Gasteiger partial charge in [0.05, 0.1) is 12.1 Å². The number of carbonyl (C=O) groups is 2. The van der Waals surface area contributed by atoms with Gasteiger partial charge < -0.3 is 15.1 Å². The number of carbonyl (C=O) groups excluding carboxylic acids is 2. The van der Waals surface area contributed by atoms with E-state index in [2.05, 4.69) is 15.5 Å². The largest absolute Gasteiger partial charge is 0.457 e. The highest BCUT2D eigenvalue weighted by molar-refractivity contribution is 6.34. The quantitative estimate of drug-likeness (QED) is 0.548. The lowest BCUT2D eigenvalue weighted by Crippen LogP contribution is -2.32. The van der Waals surface area contributed by atoms with Crippen LogP contribution < -0.4 is 10.6 Å². The molecule has 1 aliphatic rings. The summed E-state index contributed by atoms with van der Waals surface area (Å²) in [5.74, 6) is 1.07. The summed E-state index contributed by atoms with van der Waals surface area (Å²) < 4.78 is 5.98. The summed E-state index contributed by atoms with van der Waals surface area (Å²) in [4.78, 5) is 26.7. The Kier molecular flexibility index (Phi) is 6.00. The molecule has 1 aromatic heterocycles. The van der Waals surface area contributed by atoms with Gasteiger partial charge in [0.25, 0.3) is 5.91 Å². The molecule has 0 aliphatic carbocycles. The molecule has 0 bridgehead atoms. The van der Waals surface area contributed by atoms with Crippen LogP contribution in [-0.4, -0.2) is 36.3 Å². The number of likely N-dealkylation sites (N-methyl/N-ethyl adjacent to an activating group) is 1. The first-order valence-electron chi connectivity index (χ1n) is 10.4. The van der Waals surface area contributed by atoms with Crippen LogP contribution in [0.5, 0.6) is 0 Å². The Morgan fingerprint density at radius 3 is 2.68 bits per heavy atom.